The summed E-state index contributed by atoms with van der Waals surface area (Å²) in [4.78, 5) is 13.8. The predicted octanol–water partition coefficient (Wildman–Crippen LogP) is 2.21. The van der Waals surface area contributed by atoms with E-state index < -0.39 is 6.10 Å². The monoisotopic (exact) mass is 309 g/mol. The number of ether oxygens (including phenoxy) is 1. The molecule has 0 fully saturated rings. The van der Waals surface area contributed by atoms with Crippen molar-refractivity contribution in [1.82, 2.24) is 0 Å². The Morgan fingerprint density at radius 3 is 2.50 bits per heavy atom. The van der Waals surface area contributed by atoms with Gasteiger partial charge in [-0.05, 0) is 44.0 Å². The normalized spacial score (nSPS) is 12.0. The topological polar surface area (TPSA) is 70.0 Å². The van der Waals surface area contributed by atoms with Crippen LogP contribution < -0.4 is 4.90 Å². The van der Waals surface area contributed by atoms with Gasteiger partial charge in [-0.25, -0.2) is 4.79 Å². The molecule has 0 aromatic heterocycles. The smallest absolute Gasteiger partial charge is 0.338 e. The minimum atomic E-state index is -0.461. The molecule has 5 nitrogen and oxygen atoms in total. The van der Waals surface area contributed by atoms with Gasteiger partial charge < -0.3 is 19.8 Å². The molecule has 0 amide bonds. The van der Waals surface area contributed by atoms with Gasteiger partial charge in [0.25, 0.3) is 0 Å². The van der Waals surface area contributed by atoms with Gasteiger partial charge in [-0.2, -0.15) is 0 Å². The van der Waals surface area contributed by atoms with Crippen molar-refractivity contribution in [2.45, 2.75) is 39.2 Å². The van der Waals surface area contributed by atoms with Crippen molar-refractivity contribution in [3.8, 4) is 0 Å². The first-order chi connectivity index (χ1) is 10.6. The maximum atomic E-state index is 11.8. The van der Waals surface area contributed by atoms with E-state index in [9.17, 15) is 9.90 Å². The van der Waals surface area contributed by atoms with Gasteiger partial charge in [0.1, 0.15) is 0 Å². The summed E-state index contributed by atoms with van der Waals surface area (Å²) in [6, 6.07) is 7.15. The van der Waals surface area contributed by atoms with Crippen LogP contribution in [0.3, 0.4) is 0 Å². The van der Waals surface area contributed by atoms with Crippen molar-refractivity contribution in [2.24, 2.45) is 0 Å². The van der Waals surface area contributed by atoms with E-state index in [0.717, 1.165) is 18.5 Å². The van der Waals surface area contributed by atoms with E-state index in [4.69, 9.17) is 9.84 Å². The Labute approximate surface area is 132 Å². The molecule has 2 N–H and O–H groups in total. The molecule has 1 rings (SSSR count). The van der Waals surface area contributed by atoms with E-state index in [1.807, 2.05) is 24.0 Å². The number of carbonyl (C=O) groups is 1. The molecule has 124 valence electrons. The maximum Gasteiger partial charge on any atom is 0.338 e. The lowest BCUT2D eigenvalue weighted by Crippen LogP contribution is -2.32. The van der Waals surface area contributed by atoms with E-state index in [0.29, 0.717) is 31.7 Å². The number of hydrogen-bond donors (Lipinski definition) is 2. The van der Waals surface area contributed by atoms with Crippen LogP contribution in [0.1, 0.15) is 43.5 Å². The molecule has 0 aliphatic carbocycles. The zero-order chi connectivity index (χ0) is 16.4. The third-order valence-corrected chi connectivity index (χ3v) is 3.27. The molecular formula is C17H27NO4. The van der Waals surface area contributed by atoms with Crippen molar-refractivity contribution in [1.29, 1.82) is 0 Å². The third-order valence-electron chi connectivity index (χ3n) is 3.27. The van der Waals surface area contributed by atoms with Crippen LogP contribution in [0, 0.1) is 0 Å². The molecule has 0 aliphatic heterocycles. The first kappa shape index (κ1) is 18.5. The van der Waals surface area contributed by atoms with Crippen molar-refractivity contribution >= 4 is 11.7 Å². The predicted molar refractivity (Wildman–Crippen MR) is 87.2 cm³/mol. The number of carbonyl (C=O) groups excluding carboxylic acids is 1. The summed E-state index contributed by atoms with van der Waals surface area (Å²) in [7, 11) is 0. The summed E-state index contributed by atoms with van der Waals surface area (Å²) in [5, 5.41) is 18.5. The van der Waals surface area contributed by atoms with Gasteiger partial charge in [0, 0.05) is 25.4 Å². The standard InChI is InChI=1S/C17H27NO4/c1-3-4-12-22-17(21)15-6-8-16(9-7-15)18(10-5-11-19)13-14(2)20/h6-9,14,19-20H,3-5,10-13H2,1-2H3. The first-order valence-electron chi connectivity index (χ1n) is 7.89. The number of aliphatic hydroxyl groups is 2. The van der Waals surface area contributed by atoms with Crippen molar-refractivity contribution < 1.29 is 19.7 Å². The third kappa shape index (κ3) is 6.45. The van der Waals surface area contributed by atoms with Crippen LogP contribution in [-0.4, -0.2) is 48.6 Å². The molecule has 0 radical (unpaired) electrons. The Balaban J connectivity index is 2.68. The second-order valence-electron chi connectivity index (χ2n) is 5.41. The summed E-state index contributed by atoms with van der Waals surface area (Å²) < 4.78 is 5.17. The molecule has 1 aromatic rings. The van der Waals surface area contributed by atoms with Crippen LogP contribution >= 0.6 is 0 Å². The molecule has 5 heteroatoms. The Morgan fingerprint density at radius 2 is 1.95 bits per heavy atom. The summed E-state index contributed by atoms with van der Waals surface area (Å²) >= 11 is 0. The van der Waals surface area contributed by atoms with Crippen molar-refractivity contribution in [3.05, 3.63) is 29.8 Å². The number of anilines is 1. The van der Waals surface area contributed by atoms with E-state index in [1.54, 1.807) is 19.1 Å². The van der Waals surface area contributed by atoms with Crippen molar-refractivity contribution in [3.63, 3.8) is 0 Å². The molecule has 1 aromatic carbocycles. The van der Waals surface area contributed by atoms with Crippen LogP contribution in [-0.2, 0) is 4.74 Å². The van der Waals surface area contributed by atoms with Gasteiger partial charge in [-0.3, -0.25) is 0 Å². The quantitative estimate of drug-likeness (QED) is 0.512. The number of hydrogen-bond acceptors (Lipinski definition) is 5. The average molecular weight is 309 g/mol. The van der Waals surface area contributed by atoms with Gasteiger partial charge in [-0.1, -0.05) is 13.3 Å². The number of unbranched alkanes of at least 4 members (excludes halogenated alkanes) is 1. The average Bonchev–Trinajstić information content (AvgIpc) is 2.51. The highest BCUT2D eigenvalue weighted by atomic mass is 16.5. The zero-order valence-corrected chi connectivity index (χ0v) is 13.5. The van der Waals surface area contributed by atoms with Gasteiger partial charge >= 0.3 is 5.97 Å². The minimum absolute atomic E-state index is 0.109. The SMILES string of the molecule is CCCCOC(=O)c1ccc(N(CCCO)CC(C)O)cc1. The van der Waals surface area contributed by atoms with Crippen LogP contribution in [0.4, 0.5) is 5.69 Å². The molecule has 1 atom stereocenters. The van der Waals surface area contributed by atoms with Gasteiger partial charge in [-0.15, -0.1) is 0 Å². The molecular weight excluding hydrogens is 282 g/mol. The fourth-order valence-corrected chi connectivity index (χ4v) is 2.11. The Kier molecular flexibility index (Phi) is 8.55. The van der Waals surface area contributed by atoms with Crippen LogP contribution in [0.15, 0.2) is 24.3 Å². The molecule has 1 unspecified atom stereocenters. The Hall–Kier alpha value is -1.59. The lowest BCUT2D eigenvalue weighted by molar-refractivity contribution is 0.0499. The van der Waals surface area contributed by atoms with E-state index >= 15 is 0 Å². The van der Waals surface area contributed by atoms with E-state index in [2.05, 4.69) is 0 Å². The van der Waals surface area contributed by atoms with Crippen LogP contribution in [0.2, 0.25) is 0 Å². The van der Waals surface area contributed by atoms with Crippen molar-refractivity contribution in [2.75, 3.05) is 31.2 Å². The summed E-state index contributed by atoms with van der Waals surface area (Å²) in [6.07, 6.45) is 2.03. The lowest BCUT2D eigenvalue weighted by Gasteiger charge is -2.26. The Morgan fingerprint density at radius 1 is 1.27 bits per heavy atom. The second-order valence-corrected chi connectivity index (χ2v) is 5.41. The molecule has 0 bridgehead atoms. The zero-order valence-electron chi connectivity index (χ0n) is 13.5. The number of nitrogens with zero attached hydrogens (tertiary/aromatic N) is 1. The number of rotatable bonds is 10. The molecule has 0 spiro atoms. The summed E-state index contributed by atoms with van der Waals surface area (Å²) in [6.45, 7) is 5.47. The number of esters is 1. The lowest BCUT2D eigenvalue weighted by atomic mass is 10.2. The molecule has 0 saturated heterocycles. The summed E-state index contributed by atoms with van der Waals surface area (Å²) in [5.41, 5.74) is 1.44. The van der Waals surface area contributed by atoms with Crippen LogP contribution in [0.5, 0.6) is 0 Å². The number of aliphatic hydroxyl groups excluding tert-OH is 2. The fraction of sp³-hybridized carbons (Fsp3) is 0.588. The first-order valence-corrected chi connectivity index (χ1v) is 7.89. The largest absolute Gasteiger partial charge is 0.462 e. The molecule has 0 saturated carbocycles. The number of benzene rings is 1. The van der Waals surface area contributed by atoms with Gasteiger partial charge in [0.05, 0.1) is 18.3 Å². The van der Waals surface area contributed by atoms with Gasteiger partial charge in [0.2, 0.25) is 0 Å². The molecule has 0 heterocycles. The second kappa shape index (κ2) is 10.2. The van der Waals surface area contributed by atoms with E-state index in [1.165, 1.54) is 0 Å². The minimum Gasteiger partial charge on any atom is -0.462 e. The molecule has 0 aliphatic rings. The summed E-state index contributed by atoms with van der Waals surface area (Å²) in [5.74, 6) is -0.308. The Bertz CT molecular complexity index is 431. The fourth-order valence-electron chi connectivity index (χ4n) is 2.11. The van der Waals surface area contributed by atoms with E-state index in [-0.39, 0.29) is 12.6 Å². The highest BCUT2D eigenvalue weighted by Gasteiger charge is 2.11. The maximum absolute atomic E-state index is 11.8. The van der Waals surface area contributed by atoms with Crippen LogP contribution in [0.25, 0.3) is 0 Å². The highest BCUT2D eigenvalue weighted by molar-refractivity contribution is 5.89. The van der Waals surface area contributed by atoms with Gasteiger partial charge in [0.15, 0.2) is 0 Å². The highest BCUT2D eigenvalue weighted by Crippen LogP contribution is 2.17. The molecule has 22 heavy (non-hydrogen) atoms.